The first-order valence-electron chi connectivity index (χ1n) is 8.86. The minimum atomic E-state index is 0. The summed E-state index contributed by atoms with van der Waals surface area (Å²) in [4.78, 5) is 21.2. The van der Waals surface area contributed by atoms with E-state index in [0.29, 0.717) is 18.0 Å². The number of hydrogen-bond acceptors (Lipinski definition) is 4. The second kappa shape index (κ2) is 10.5. The highest BCUT2D eigenvalue weighted by Gasteiger charge is 2.29. The Morgan fingerprint density at radius 1 is 1.22 bits per heavy atom. The van der Waals surface area contributed by atoms with Gasteiger partial charge < -0.3 is 15.5 Å². The van der Waals surface area contributed by atoms with Crippen LogP contribution in [-0.2, 0) is 0 Å². The van der Waals surface area contributed by atoms with E-state index in [-0.39, 0.29) is 36.8 Å². The van der Waals surface area contributed by atoms with E-state index in [1.54, 1.807) is 6.20 Å². The molecule has 2 N–H and O–H groups in total. The highest BCUT2D eigenvalue weighted by Crippen LogP contribution is 2.25. The molecule has 3 rings (SSSR count). The third-order valence-corrected chi connectivity index (χ3v) is 4.99. The van der Waals surface area contributed by atoms with Crippen LogP contribution in [0.3, 0.4) is 0 Å². The number of halogens is 2. The van der Waals surface area contributed by atoms with E-state index in [4.69, 9.17) is 5.73 Å². The van der Waals surface area contributed by atoms with Crippen molar-refractivity contribution in [2.75, 3.05) is 25.0 Å². The smallest absolute Gasteiger partial charge is 0.255 e. The number of rotatable bonds is 4. The van der Waals surface area contributed by atoms with Crippen LogP contribution in [0.1, 0.15) is 30.1 Å². The molecule has 0 radical (unpaired) electrons. The zero-order valence-electron chi connectivity index (χ0n) is 15.7. The topological polar surface area (TPSA) is 62.5 Å². The van der Waals surface area contributed by atoms with Gasteiger partial charge in [-0.05, 0) is 43.0 Å². The summed E-state index contributed by atoms with van der Waals surface area (Å²) in [5.41, 5.74) is 7.56. The quantitative estimate of drug-likeness (QED) is 0.829. The number of amides is 1. The van der Waals surface area contributed by atoms with Gasteiger partial charge in [0.15, 0.2) is 0 Å². The average Bonchev–Trinajstić information content (AvgIpc) is 2.67. The number of carbonyl (C=O) groups excluding carboxylic acids is 1. The molecule has 148 valence electrons. The molecule has 5 nitrogen and oxygen atoms in total. The summed E-state index contributed by atoms with van der Waals surface area (Å²) in [5.74, 6) is 1.46. The lowest BCUT2D eigenvalue weighted by atomic mass is 9.92. The van der Waals surface area contributed by atoms with E-state index in [1.165, 1.54) is 0 Å². The van der Waals surface area contributed by atoms with Crippen molar-refractivity contribution in [3.05, 3.63) is 54.2 Å². The van der Waals surface area contributed by atoms with Gasteiger partial charge in [0.25, 0.3) is 5.91 Å². The van der Waals surface area contributed by atoms with E-state index in [2.05, 4.69) is 11.9 Å². The summed E-state index contributed by atoms with van der Waals surface area (Å²) >= 11 is 0. The van der Waals surface area contributed by atoms with Gasteiger partial charge in [0.05, 0.1) is 5.56 Å². The van der Waals surface area contributed by atoms with Crippen LogP contribution in [0.5, 0.6) is 0 Å². The standard InChI is InChI=1S/C20H26N4O.2ClH/c1-15-10-11-24(18(12-15)13-21)20(25)16-8-9-19(22-14-16)23(2)17-6-4-3-5-7-17;;/h3-9,14-15,18H,10-13,21H2,1-2H3;2*1H. The number of anilines is 2. The van der Waals surface area contributed by atoms with Gasteiger partial charge in [-0.2, -0.15) is 0 Å². The normalized spacial score (nSPS) is 18.9. The van der Waals surface area contributed by atoms with Gasteiger partial charge in [0.1, 0.15) is 5.82 Å². The van der Waals surface area contributed by atoms with Crippen molar-refractivity contribution in [3.8, 4) is 0 Å². The Balaban J connectivity index is 0.00000182. The van der Waals surface area contributed by atoms with Crippen molar-refractivity contribution in [2.45, 2.75) is 25.8 Å². The Morgan fingerprint density at radius 2 is 1.93 bits per heavy atom. The van der Waals surface area contributed by atoms with E-state index < -0.39 is 0 Å². The first-order valence-corrected chi connectivity index (χ1v) is 8.86. The largest absolute Gasteiger partial charge is 0.334 e. The molecule has 1 aromatic heterocycles. The molecule has 2 heterocycles. The number of benzene rings is 1. The molecule has 1 amide bonds. The molecule has 2 atom stereocenters. The fourth-order valence-electron chi connectivity index (χ4n) is 3.40. The van der Waals surface area contributed by atoms with Crippen LogP contribution in [0.4, 0.5) is 11.5 Å². The number of pyridine rings is 1. The van der Waals surface area contributed by atoms with Crippen LogP contribution in [0, 0.1) is 5.92 Å². The summed E-state index contributed by atoms with van der Waals surface area (Å²) in [6.07, 6.45) is 3.68. The van der Waals surface area contributed by atoms with Crippen molar-refractivity contribution < 1.29 is 4.79 Å². The van der Waals surface area contributed by atoms with Gasteiger partial charge in [-0.3, -0.25) is 4.79 Å². The predicted molar refractivity (Wildman–Crippen MR) is 116 cm³/mol. The summed E-state index contributed by atoms with van der Waals surface area (Å²) in [5, 5.41) is 0. The molecule has 0 bridgehead atoms. The SMILES string of the molecule is CC1CCN(C(=O)c2ccc(N(C)c3ccccc3)nc2)C(CN)C1.Cl.Cl. The third-order valence-electron chi connectivity index (χ3n) is 4.99. The van der Waals surface area contributed by atoms with Gasteiger partial charge >= 0.3 is 0 Å². The molecular formula is C20H28Cl2N4O. The second-order valence-corrected chi connectivity index (χ2v) is 6.82. The summed E-state index contributed by atoms with van der Waals surface area (Å²) < 4.78 is 0. The van der Waals surface area contributed by atoms with Gasteiger partial charge in [-0.1, -0.05) is 25.1 Å². The van der Waals surface area contributed by atoms with E-state index in [1.807, 2.05) is 59.3 Å². The fourth-order valence-corrected chi connectivity index (χ4v) is 3.40. The van der Waals surface area contributed by atoms with Crippen LogP contribution in [-0.4, -0.2) is 42.0 Å². The first-order chi connectivity index (χ1) is 12.1. The third kappa shape index (κ3) is 5.34. The Kier molecular flexibility index (Phi) is 9.03. The van der Waals surface area contributed by atoms with Crippen LogP contribution in [0.15, 0.2) is 48.7 Å². The number of likely N-dealkylation sites (tertiary alicyclic amines) is 1. The van der Waals surface area contributed by atoms with Crippen LogP contribution in [0.2, 0.25) is 0 Å². The molecule has 2 unspecified atom stereocenters. The Hall–Kier alpha value is -1.82. The molecule has 27 heavy (non-hydrogen) atoms. The van der Waals surface area contributed by atoms with Crippen molar-refractivity contribution in [1.82, 2.24) is 9.88 Å². The molecule has 1 saturated heterocycles. The van der Waals surface area contributed by atoms with Gasteiger partial charge in [0, 0.05) is 38.1 Å². The number of para-hydroxylation sites is 1. The number of aromatic nitrogens is 1. The summed E-state index contributed by atoms with van der Waals surface area (Å²) in [6, 6.07) is 13.9. The van der Waals surface area contributed by atoms with E-state index in [9.17, 15) is 4.79 Å². The van der Waals surface area contributed by atoms with E-state index in [0.717, 1.165) is 30.9 Å². The molecule has 2 aromatic rings. The lowest BCUT2D eigenvalue weighted by Gasteiger charge is -2.38. The molecule has 7 heteroatoms. The molecule has 0 spiro atoms. The van der Waals surface area contributed by atoms with Crippen LogP contribution < -0.4 is 10.6 Å². The minimum Gasteiger partial charge on any atom is -0.334 e. The lowest BCUT2D eigenvalue weighted by Crippen LogP contribution is -2.49. The highest BCUT2D eigenvalue weighted by molar-refractivity contribution is 5.94. The van der Waals surface area contributed by atoms with Gasteiger partial charge in [-0.15, -0.1) is 24.8 Å². The zero-order chi connectivity index (χ0) is 17.8. The van der Waals surface area contributed by atoms with Crippen LogP contribution >= 0.6 is 24.8 Å². The Labute approximate surface area is 173 Å². The lowest BCUT2D eigenvalue weighted by molar-refractivity contribution is 0.0573. The van der Waals surface area contributed by atoms with Crippen molar-refractivity contribution >= 4 is 42.2 Å². The number of nitrogens with two attached hydrogens (primary N) is 1. The molecule has 1 fully saturated rings. The highest BCUT2D eigenvalue weighted by atomic mass is 35.5. The van der Waals surface area contributed by atoms with Gasteiger partial charge in [0.2, 0.25) is 0 Å². The Bertz CT molecular complexity index is 712. The maximum atomic E-state index is 12.8. The zero-order valence-corrected chi connectivity index (χ0v) is 17.4. The second-order valence-electron chi connectivity index (χ2n) is 6.82. The predicted octanol–water partition coefficient (Wildman–Crippen LogP) is 3.89. The Morgan fingerprint density at radius 3 is 2.52 bits per heavy atom. The maximum Gasteiger partial charge on any atom is 0.255 e. The maximum absolute atomic E-state index is 12.8. The number of nitrogens with zero attached hydrogens (tertiary/aromatic N) is 3. The first kappa shape index (κ1) is 23.2. The molecular weight excluding hydrogens is 383 g/mol. The molecule has 0 saturated carbocycles. The molecule has 1 aliphatic rings. The molecule has 0 aliphatic carbocycles. The average molecular weight is 411 g/mol. The monoisotopic (exact) mass is 410 g/mol. The fraction of sp³-hybridized carbons (Fsp3) is 0.400. The summed E-state index contributed by atoms with van der Waals surface area (Å²) in [7, 11) is 1.97. The molecule has 1 aliphatic heterocycles. The van der Waals surface area contributed by atoms with Crippen molar-refractivity contribution in [3.63, 3.8) is 0 Å². The number of carbonyl (C=O) groups is 1. The van der Waals surface area contributed by atoms with Gasteiger partial charge in [-0.25, -0.2) is 4.98 Å². The summed E-state index contributed by atoms with van der Waals surface area (Å²) in [6.45, 7) is 3.51. The minimum absolute atomic E-state index is 0. The number of hydrogen-bond donors (Lipinski definition) is 1. The van der Waals surface area contributed by atoms with E-state index >= 15 is 0 Å². The number of piperidine rings is 1. The van der Waals surface area contributed by atoms with Crippen LogP contribution in [0.25, 0.3) is 0 Å². The van der Waals surface area contributed by atoms with Crippen molar-refractivity contribution in [1.29, 1.82) is 0 Å². The van der Waals surface area contributed by atoms with Crippen molar-refractivity contribution in [2.24, 2.45) is 11.7 Å². The molecule has 1 aromatic carbocycles.